The normalized spacial score (nSPS) is 14.9. The Labute approximate surface area is 189 Å². The molecule has 1 aliphatic carbocycles. The third-order valence-electron chi connectivity index (χ3n) is 6.54. The van der Waals surface area contributed by atoms with Crippen LogP contribution in [0.25, 0.3) is 5.69 Å². The maximum absolute atomic E-state index is 13.0. The van der Waals surface area contributed by atoms with E-state index in [1.807, 2.05) is 48.0 Å². The zero-order chi connectivity index (χ0) is 22.1. The molecule has 5 heteroatoms. The molecule has 5 rings (SSSR count). The van der Waals surface area contributed by atoms with Gasteiger partial charge < -0.3 is 10.2 Å². The number of aryl methyl sites for hydroxylation is 1. The maximum Gasteiger partial charge on any atom is 0.251 e. The first-order valence-electron chi connectivity index (χ1n) is 11.2. The molecular weight excluding hydrogens is 396 g/mol. The second kappa shape index (κ2) is 8.50. The van der Waals surface area contributed by atoms with Crippen molar-refractivity contribution in [2.75, 3.05) is 13.1 Å². The van der Waals surface area contributed by atoms with Crippen molar-refractivity contribution in [2.24, 2.45) is 0 Å². The van der Waals surface area contributed by atoms with E-state index in [2.05, 4.69) is 52.6 Å². The minimum atomic E-state index is -0.0372. The van der Waals surface area contributed by atoms with Crippen molar-refractivity contribution >= 4 is 5.91 Å². The predicted octanol–water partition coefficient (Wildman–Crippen LogP) is 4.27. The highest BCUT2D eigenvalue weighted by Crippen LogP contribution is 2.23. The number of amides is 1. The molecule has 0 unspecified atom stereocenters. The summed E-state index contributed by atoms with van der Waals surface area (Å²) in [4.78, 5) is 15.4. The van der Waals surface area contributed by atoms with Gasteiger partial charge in [0.2, 0.25) is 0 Å². The first-order chi connectivity index (χ1) is 15.6. The van der Waals surface area contributed by atoms with E-state index in [9.17, 15) is 4.79 Å². The van der Waals surface area contributed by atoms with Gasteiger partial charge in [-0.15, -0.1) is 0 Å². The average molecular weight is 425 g/mol. The highest BCUT2D eigenvalue weighted by molar-refractivity contribution is 5.94. The topological polar surface area (TPSA) is 50.2 Å². The van der Waals surface area contributed by atoms with Crippen LogP contribution in [0.15, 0.2) is 72.5 Å². The number of allylic oxidation sites excluding steroid dienone is 3. The number of fused-ring (bicyclic) bond motifs is 1. The third-order valence-corrected chi connectivity index (χ3v) is 6.54. The summed E-state index contributed by atoms with van der Waals surface area (Å²) in [5.74, 6) is -0.0372. The summed E-state index contributed by atoms with van der Waals surface area (Å²) >= 11 is 0. The number of hydrogen-bond donors (Lipinski definition) is 1. The van der Waals surface area contributed by atoms with Gasteiger partial charge in [-0.2, -0.15) is 5.10 Å². The second-order valence-corrected chi connectivity index (χ2v) is 8.50. The van der Waals surface area contributed by atoms with Crippen LogP contribution in [0.1, 0.15) is 38.4 Å². The monoisotopic (exact) mass is 424 g/mol. The fourth-order valence-electron chi connectivity index (χ4n) is 4.54. The highest BCUT2D eigenvalue weighted by atomic mass is 16.1. The smallest absolute Gasteiger partial charge is 0.251 e. The first kappa shape index (κ1) is 20.3. The zero-order valence-electron chi connectivity index (χ0n) is 18.6. The van der Waals surface area contributed by atoms with Crippen LogP contribution >= 0.6 is 0 Å². The van der Waals surface area contributed by atoms with Gasteiger partial charge in [0.25, 0.3) is 5.91 Å². The van der Waals surface area contributed by atoms with E-state index in [1.165, 1.54) is 16.8 Å². The standard InChI is InChI=1S/C27H28N4O/c1-19-26(20(2)31(29-19)25-7-4-3-5-8-25)18-28-27(32)23-12-11-21-13-15-30(24-9-6-10-24)16-14-22(21)17-23/h3-12,17H,13-16,18H2,1-2H3,(H,28,32). The largest absolute Gasteiger partial charge is 0.371 e. The lowest BCUT2D eigenvalue weighted by Crippen LogP contribution is -2.26. The molecule has 1 aromatic heterocycles. The lowest BCUT2D eigenvalue weighted by Gasteiger charge is -2.26. The van der Waals surface area contributed by atoms with Crippen LogP contribution in [0.4, 0.5) is 0 Å². The minimum absolute atomic E-state index is 0.0372. The molecule has 32 heavy (non-hydrogen) atoms. The van der Waals surface area contributed by atoms with Crippen molar-refractivity contribution in [3.8, 4) is 5.69 Å². The van der Waals surface area contributed by atoms with Gasteiger partial charge in [-0.25, -0.2) is 4.68 Å². The van der Waals surface area contributed by atoms with E-state index in [0.717, 1.165) is 54.1 Å². The van der Waals surface area contributed by atoms with Crippen molar-refractivity contribution in [3.63, 3.8) is 0 Å². The van der Waals surface area contributed by atoms with Crippen LogP contribution in [0.5, 0.6) is 0 Å². The Kier molecular flexibility index (Phi) is 5.39. The molecule has 3 aromatic rings. The lowest BCUT2D eigenvalue weighted by atomic mass is 10.00. The molecule has 0 saturated carbocycles. The summed E-state index contributed by atoms with van der Waals surface area (Å²) < 4.78 is 1.94. The Hall–Kier alpha value is -3.60. The maximum atomic E-state index is 13.0. The van der Waals surface area contributed by atoms with Crippen LogP contribution < -0.4 is 5.32 Å². The molecule has 1 amide bonds. The number of carbonyl (C=O) groups excluding carboxylic acids is 1. The highest BCUT2D eigenvalue weighted by Gasteiger charge is 2.19. The molecular formula is C27H28N4O. The number of nitrogens with zero attached hydrogens (tertiary/aromatic N) is 3. The second-order valence-electron chi connectivity index (χ2n) is 8.50. The third kappa shape index (κ3) is 3.86. The van der Waals surface area contributed by atoms with Crippen LogP contribution in [-0.2, 0) is 19.4 Å². The summed E-state index contributed by atoms with van der Waals surface area (Å²) in [5, 5.41) is 7.79. The van der Waals surface area contributed by atoms with Gasteiger partial charge in [-0.1, -0.05) is 30.3 Å². The van der Waals surface area contributed by atoms with E-state index < -0.39 is 0 Å². The Balaban J connectivity index is 1.28. The van der Waals surface area contributed by atoms with Crippen molar-refractivity contribution in [1.82, 2.24) is 20.0 Å². The first-order valence-corrected chi connectivity index (χ1v) is 11.2. The molecule has 0 bridgehead atoms. The minimum Gasteiger partial charge on any atom is -0.371 e. The Bertz CT molecular complexity index is 1220. The molecule has 5 nitrogen and oxygen atoms in total. The molecule has 2 heterocycles. The van der Waals surface area contributed by atoms with Gasteiger partial charge in [0.05, 0.1) is 11.4 Å². The van der Waals surface area contributed by atoms with Gasteiger partial charge in [-0.3, -0.25) is 4.79 Å². The predicted molar refractivity (Wildman–Crippen MR) is 127 cm³/mol. The zero-order valence-corrected chi connectivity index (χ0v) is 18.6. The van der Waals surface area contributed by atoms with Crippen LogP contribution in [-0.4, -0.2) is 33.7 Å². The van der Waals surface area contributed by atoms with E-state index in [-0.39, 0.29) is 5.91 Å². The van der Waals surface area contributed by atoms with Crippen LogP contribution in [0, 0.1) is 13.8 Å². The lowest BCUT2D eigenvalue weighted by molar-refractivity contribution is 0.0950. The molecule has 162 valence electrons. The number of carbonyl (C=O) groups is 1. The van der Waals surface area contributed by atoms with Crippen molar-refractivity contribution < 1.29 is 4.79 Å². The Morgan fingerprint density at radius 1 is 1.03 bits per heavy atom. The molecule has 0 saturated heterocycles. The average Bonchev–Trinajstić information content (AvgIpc) is 2.93. The van der Waals surface area contributed by atoms with Gasteiger partial charge in [-0.05, 0) is 74.2 Å². The fraction of sp³-hybridized carbons (Fsp3) is 0.259. The van der Waals surface area contributed by atoms with E-state index >= 15 is 0 Å². The van der Waals surface area contributed by atoms with Gasteiger partial charge in [0.15, 0.2) is 0 Å². The quantitative estimate of drug-likeness (QED) is 0.665. The van der Waals surface area contributed by atoms with E-state index in [0.29, 0.717) is 6.54 Å². The molecule has 0 radical (unpaired) electrons. The summed E-state index contributed by atoms with van der Waals surface area (Å²) in [7, 11) is 0. The number of hydrogen-bond acceptors (Lipinski definition) is 3. The summed E-state index contributed by atoms with van der Waals surface area (Å²) in [6.07, 6.45) is 8.39. The number of aromatic nitrogens is 2. The Morgan fingerprint density at radius 2 is 1.78 bits per heavy atom. The Morgan fingerprint density at radius 3 is 2.50 bits per heavy atom. The number of rotatable bonds is 5. The molecule has 2 aromatic carbocycles. The fourth-order valence-corrected chi connectivity index (χ4v) is 4.54. The van der Waals surface area contributed by atoms with Crippen molar-refractivity contribution in [1.29, 1.82) is 0 Å². The van der Waals surface area contributed by atoms with Crippen molar-refractivity contribution in [3.05, 3.63) is 106 Å². The van der Waals surface area contributed by atoms with E-state index in [1.54, 1.807) is 0 Å². The number of nitrogens with one attached hydrogen (secondary N) is 1. The summed E-state index contributed by atoms with van der Waals surface area (Å²) in [6.45, 7) is 6.53. The molecule has 0 spiro atoms. The van der Waals surface area contributed by atoms with Gasteiger partial charge in [0, 0.05) is 42.2 Å². The van der Waals surface area contributed by atoms with Crippen molar-refractivity contribution in [2.45, 2.75) is 33.2 Å². The molecule has 1 N–H and O–H groups in total. The number of benzene rings is 2. The van der Waals surface area contributed by atoms with Gasteiger partial charge >= 0.3 is 0 Å². The van der Waals surface area contributed by atoms with Crippen LogP contribution in [0.3, 0.4) is 0 Å². The molecule has 1 aliphatic heterocycles. The molecule has 0 atom stereocenters. The van der Waals surface area contributed by atoms with Gasteiger partial charge in [0.1, 0.15) is 0 Å². The number of para-hydroxylation sites is 1. The van der Waals surface area contributed by atoms with E-state index in [4.69, 9.17) is 0 Å². The summed E-state index contributed by atoms with van der Waals surface area (Å²) in [6, 6.07) is 16.2. The molecule has 0 fully saturated rings. The SMILES string of the molecule is Cc1nn(-c2ccccc2)c(C)c1CNC(=O)c1ccc2c(c1)CCN(C1=CC=C1)CC2. The van der Waals surface area contributed by atoms with Crippen LogP contribution in [0.2, 0.25) is 0 Å². The molecule has 2 aliphatic rings. The summed E-state index contributed by atoms with van der Waals surface area (Å²) in [5.41, 5.74) is 8.76.